The predicted octanol–water partition coefficient (Wildman–Crippen LogP) is 3.09. The fourth-order valence-corrected chi connectivity index (χ4v) is 2.08. The summed E-state index contributed by atoms with van der Waals surface area (Å²) in [6, 6.07) is 8.39. The van der Waals surface area contributed by atoms with E-state index in [1.54, 1.807) is 11.2 Å². The molecule has 1 aromatic rings. The lowest BCUT2D eigenvalue weighted by Gasteiger charge is -2.12. The van der Waals surface area contributed by atoms with Crippen LogP contribution in [-0.4, -0.2) is 6.54 Å². The van der Waals surface area contributed by atoms with Crippen LogP contribution in [0.2, 0.25) is 0 Å². The van der Waals surface area contributed by atoms with E-state index >= 15 is 0 Å². The van der Waals surface area contributed by atoms with E-state index in [1.807, 2.05) is 6.92 Å². The second-order valence-electron chi connectivity index (χ2n) is 2.84. The quantitative estimate of drug-likeness (QED) is 0.646. The van der Waals surface area contributed by atoms with Gasteiger partial charge in [-0.2, -0.15) is 0 Å². The number of allylic oxidation sites excluding steroid dienone is 1. The summed E-state index contributed by atoms with van der Waals surface area (Å²) in [6.45, 7) is 2.95. The molecule has 66 valence electrons. The van der Waals surface area contributed by atoms with Gasteiger partial charge in [-0.1, -0.05) is 35.5 Å². The molecule has 0 aliphatic carbocycles. The standard InChI is InChI=1S/C11H11NS/c1-2-3-8-12-9-13-11-7-5-4-6-10(11)12/h2-7H,8H2,1H3/b3-2+. The second-order valence-corrected chi connectivity index (χ2v) is 3.67. The molecule has 2 rings (SSSR count). The van der Waals surface area contributed by atoms with Crippen LogP contribution < -0.4 is 4.90 Å². The maximum Gasteiger partial charge on any atom is 0.0673 e. The molecule has 0 unspecified atom stereocenters. The van der Waals surface area contributed by atoms with Gasteiger partial charge in [0.1, 0.15) is 0 Å². The largest absolute Gasteiger partial charge is 0.294 e. The van der Waals surface area contributed by atoms with Gasteiger partial charge in [0.05, 0.1) is 10.6 Å². The Hall–Kier alpha value is -1.24. The Morgan fingerprint density at radius 1 is 1.46 bits per heavy atom. The highest BCUT2D eigenvalue weighted by Gasteiger charge is 2.10. The van der Waals surface area contributed by atoms with Crippen LogP contribution in [0.25, 0.3) is 0 Å². The minimum atomic E-state index is 0.917. The van der Waals surface area contributed by atoms with Gasteiger partial charge in [-0.15, -0.1) is 0 Å². The molecule has 0 saturated heterocycles. The summed E-state index contributed by atoms with van der Waals surface area (Å²) in [4.78, 5) is 3.44. The number of para-hydroxylation sites is 1. The molecule has 0 fully saturated rings. The summed E-state index contributed by atoms with van der Waals surface area (Å²) in [6.07, 6.45) is 4.20. The van der Waals surface area contributed by atoms with Crippen molar-refractivity contribution in [2.24, 2.45) is 0 Å². The normalized spacial score (nSPS) is 13.5. The monoisotopic (exact) mass is 189 g/mol. The van der Waals surface area contributed by atoms with Crippen LogP contribution in [0.4, 0.5) is 5.69 Å². The molecule has 0 bridgehead atoms. The first-order valence-electron chi connectivity index (χ1n) is 4.32. The molecule has 0 N–H and O–H groups in total. The molecule has 0 saturated carbocycles. The van der Waals surface area contributed by atoms with Crippen molar-refractivity contribution < 1.29 is 0 Å². The third-order valence-corrected chi connectivity index (χ3v) is 2.82. The van der Waals surface area contributed by atoms with Crippen LogP contribution in [0, 0.1) is 5.31 Å². The molecule has 1 nitrogen and oxygen atoms in total. The molecular formula is C11H11NS. The van der Waals surface area contributed by atoms with Gasteiger partial charge in [0.15, 0.2) is 0 Å². The molecular weight excluding hydrogens is 178 g/mol. The Morgan fingerprint density at radius 3 is 3.15 bits per heavy atom. The van der Waals surface area contributed by atoms with E-state index in [4.69, 9.17) is 0 Å². The van der Waals surface area contributed by atoms with Gasteiger partial charge < -0.3 is 0 Å². The summed E-state index contributed by atoms with van der Waals surface area (Å²) >= 11 is 1.67. The topological polar surface area (TPSA) is 3.24 Å². The van der Waals surface area contributed by atoms with E-state index < -0.39 is 0 Å². The van der Waals surface area contributed by atoms with Crippen LogP contribution in [-0.2, 0) is 0 Å². The molecule has 1 heterocycles. The summed E-state index contributed by atoms with van der Waals surface area (Å²) in [5.74, 6) is 0. The molecule has 1 aromatic carbocycles. The van der Waals surface area contributed by atoms with E-state index in [0.29, 0.717) is 0 Å². The van der Waals surface area contributed by atoms with Gasteiger partial charge >= 0.3 is 0 Å². The minimum Gasteiger partial charge on any atom is -0.294 e. The SMILES string of the molecule is C/C=C/CN1C#Sc2ccccc21. The maximum atomic E-state index is 3.26. The highest BCUT2D eigenvalue weighted by atomic mass is 32.1. The summed E-state index contributed by atoms with van der Waals surface area (Å²) in [5, 5.41) is 3.26. The highest BCUT2D eigenvalue weighted by molar-refractivity contribution is 7.89. The van der Waals surface area contributed by atoms with Gasteiger partial charge in [0.2, 0.25) is 0 Å². The molecule has 0 aromatic heterocycles. The number of fused-ring (bicyclic) bond motifs is 1. The van der Waals surface area contributed by atoms with Crippen molar-refractivity contribution in [3.05, 3.63) is 36.4 Å². The van der Waals surface area contributed by atoms with Crippen LogP contribution in [0.15, 0.2) is 41.3 Å². The molecule has 0 amide bonds. The van der Waals surface area contributed by atoms with E-state index in [2.05, 4.69) is 46.6 Å². The van der Waals surface area contributed by atoms with Crippen LogP contribution >= 0.6 is 11.2 Å². The minimum absolute atomic E-state index is 0.917. The van der Waals surface area contributed by atoms with Gasteiger partial charge in [0, 0.05) is 11.9 Å². The van der Waals surface area contributed by atoms with Crippen molar-refractivity contribution in [2.45, 2.75) is 11.8 Å². The van der Waals surface area contributed by atoms with Crippen molar-refractivity contribution in [1.82, 2.24) is 0 Å². The zero-order valence-electron chi connectivity index (χ0n) is 7.53. The van der Waals surface area contributed by atoms with Crippen LogP contribution in [0.5, 0.6) is 0 Å². The fraction of sp³-hybridized carbons (Fsp3) is 0.182. The second kappa shape index (κ2) is 3.65. The number of hydrogen-bond donors (Lipinski definition) is 0. The number of nitrogens with zero attached hydrogens (tertiary/aromatic N) is 1. The summed E-state index contributed by atoms with van der Waals surface area (Å²) in [5.41, 5.74) is 1.27. The lowest BCUT2D eigenvalue weighted by Crippen LogP contribution is -2.13. The van der Waals surface area contributed by atoms with Gasteiger partial charge in [0.25, 0.3) is 0 Å². The lowest BCUT2D eigenvalue weighted by molar-refractivity contribution is 1.11. The van der Waals surface area contributed by atoms with Crippen LogP contribution in [0.3, 0.4) is 0 Å². The molecule has 1 aliphatic heterocycles. The Kier molecular flexibility index (Phi) is 2.35. The van der Waals surface area contributed by atoms with Gasteiger partial charge in [-0.3, -0.25) is 4.90 Å². The molecule has 1 aliphatic rings. The van der Waals surface area contributed by atoms with E-state index in [9.17, 15) is 0 Å². The number of benzene rings is 1. The predicted molar refractivity (Wildman–Crippen MR) is 58.3 cm³/mol. The Balaban J connectivity index is 2.25. The van der Waals surface area contributed by atoms with Crippen molar-refractivity contribution in [3.63, 3.8) is 0 Å². The fourth-order valence-electron chi connectivity index (χ4n) is 1.27. The Morgan fingerprint density at radius 2 is 2.31 bits per heavy atom. The van der Waals surface area contributed by atoms with E-state index in [1.165, 1.54) is 10.6 Å². The Labute approximate surface area is 82.3 Å². The number of rotatable bonds is 2. The summed E-state index contributed by atoms with van der Waals surface area (Å²) in [7, 11) is 0. The first-order valence-corrected chi connectivity index (χ1v) is 5.13. The molecule has 2 heteroatoms. The van der Waals surface area contributed by atoms with Crippen molar-refractivity contribution >= 4 is 16.9 Å². The van der Waals surface area contributed by atoms with Crippen molar-refractivity contribution in [2.75, 3.05) is 11.4 Å². The third-order valence-electron chi connectivity index (χ3n) is 1.95. The number of hydrogen-bond acceptors (Lipinski definition) is 1. The summed E-state index contributed by atoms with van der Waals surface area (Å²) < 4.78 is 0. The average Bonchev–Trinajstić information content (AvgIpc) is 2.58. The first kappa shape index (κ1) is 8.36. The van der Waals surface area contributed by atoms with Crippen molar-refractivity contribution in [1.29, 1.82) is 0 Å². The van der Waals surface area contributed by atoms with Crippen molar-refractivity contribution in [3.8, 4) is 5.31 Å². The van der Waals surface area contributed by atoms with E-state index in [-0.39, 0.29) is 0 Å². The van der Waals surface area contributed by atoms with Gasteiger partial charge in [-0.25, -0.2) is 0 Å². The molecule has 0 radical (unpaired) electrons. The third kappa shape index (κ3) is 1.59. The Bertz CT molecular complexity index is 398. The van der Waals surface area contributed by atoms with Crippen LogP contribution in [0.1, 0.15) is 6.92 Å². The van der Waals surface area contributed by atoms with E-state index in [0.717, 1.165) is 6.54 Å². The molecule has 0 atom stereocenters. The maximum absolute atomic E-state index is 3.26. The van der Waals surface area contributed by atoms with Gasteiger partial charge in [-0.05, 0) is 19.1 Å². The lowest BCUT2D eigenvalue weighted by atomic mass is 10.3. The highest BCUT2D eigenvalue weighted by Crippen LogP contribution is 2.29. The zero-order valence-corrected chi connectivity index (χ0v) is 8.34. The first-order chi connectivity index (χ1) is 6.42. The zero-order chi connectivity index (χ0) is 9.10. The number of anilines is 1. The average molecular weight is 189 g/mol. The smallest absolute Gasteiger partial charge is 0.0673 e. The molecule has 0 spiro atoms. The molecule has 13 heavy (non-hydrogen) atoms.